The first-order chi connectivity index (χ1) is 9.18. The lowest BCUT2D eigenvalue weighted by Gasteiger charge is -2.27. The summed E-state index contributed by atoms with van der Waals surface area (Å²) in [5, 5.41) is 13.1. The predicted molar refractivity (Wildman–Crippen MR) is 75.1 cm³/mol. The molecule has 1 aromatic carbocycles. The Kier molecular flexibility index (Phi) is 4.80. The number of hydrogen-bond donors (Lipinski definition) is 2. The summed E-state index contributed by atoms with van der Waals surface area (Å²) in [7, 11) is 1.87. The van der Waals surface area contributed by atoms with Crippen molar-refractivity contribution in [3.63, 3.8) is 0 Å². The van der Waals surface area contributed by atoms with Crippen LogP contribution in [-0.4, -0.2) is 42.1 Å². The third kappa shape index (κ3) is 3.70. The molecule has 0 bridgehead atoms. The van der Waals surface area contributed by atoms with E-state index in [0.29, 0.717) is 11.6 Å². The molecule has 2 N–H and O–H groups in total. The van der Waals surface area contributed by atoms with Gasteiger partial charge in [-0.2, -0.15) is 0 Å². The fraction of sp³-hybridized carbons (Fsp3) is 0.533. The molecule has 1 amide bonds. The van der Waals surface area contributed by atoms with Crippen molar-refractivity contribution in [2.75, 3.05) is 20.1 Å². The van der Waals surface area contributed by atoms with Gasteiger partial charge in [0.15, 0.2) is 0 Å². The molecule has 4 nitrogen and oxygen atoms in total. The van der Waals surface area contributed by atoms with Crippen molar-refractivity contribution in [2.24, 2.45) is 0 Å². The molecule has 1 aliphatic rings. The van der Waals surface area contributed by atoms with Crippen LogP contribution >= 0.6 is 0 Å². The van der Waals surface area contributed by atoms with E-state index in [0.717, 1.165) is 32.4 Å². The van der Waals surface area contributed by atoms with Crippen LogP contribution in [0.15, 0.2) is 24.3 Å². The molecule has 1 saturated heterocycles. The maximum atomic E-state index is 12.3. The molecule has 0 radical (unpaired) electrons. The second kappa shape index (κ2) is 6.57. The van der Waals surface area contributed by atoms with E-state index in [1.807, 2.05) is 18.0 Å². The largest absolute Gasteiger partial charge is 0.508 e. The highest BCUT2D eigenvalue weighted by Gasteiger charge is 2.21. The van der Waals surface area contributed by atoms with Gasteiger partial charge in [0.1, 0.15) is 5.75 Å². The number of phenolic OH excluding ortho intramolecular Hbond substituents is 1. The third-order valence-corrected chi connectivity index (χ3v) is 3.82. The number of likely N-dealkylation sites (N-methyl/N-ethyl adjacent to an activating group) is 1. The van der Waals surface area contributed by atoms with E-state index >= 15 is 0 Å². The first-order valence-electron chi connectivity index (χ1n) is 6.91. The minimum absolute atomic E-state index is 0.0772. The van der Waals surface area contributed by atoms with E-state index in [1.54, 1.807) is 18.2 Å². The second-order valence-electron chi connectivity index (χ2n) is 5.14. The number of nitrogens with zero attached hydrogens (tertiary/aromatic N) is 1. The fourth-order valence-corrected chi connectivity index (χ4v) is 2.54. The van der Waals surface area contributed by atoms with Crippen molar-refractivity contribution in [3.8, 4) is 5.75 Å². The van der Waals surface area contributed by atoms with Gasteiger partial charge in [0.2, 0.25) is 5.91 Å². The molecule has 1 atom stereocenters. The fourth-order valence-electron chi connectivity index (χ4n) is 2.54. The zero-order chi connectivity index (χ0) is 13.7. The van der Waals surface area contributed by atoms with E-state index in [4.69, 9.17) is 0 Å². The molecule has 0 aliphatic carbocycles. The molecule has 0 spiro atoms. The molecule has 1 heterocycles. The van der Waals surface area contributed by atoms with Crippen LogP contribution < -0.4 is 5.32 Å². The number of rotatable bonds is 3. The van der Waals surface area contributed by atoms with Crippen molar-refractivity contribution < 1.29 is 9.90 Å². The summed E-state index contributed by atoms with van der Waals surface area (Å²) in [4.78, 5) is 14.1. The number of amides is 1. The molecule has 0 saturated carbocycles. The SMILES string of the molecule is CN(C(=O)Cc1ccccc1O)C1CCCNCC1. The molecule has 1 unspecified atom stereocenters. The van der Waals surface area contributed by atoms with Gasteiger partial charge in [-0.3, -0.25) is 4.79 Å². The van der Waals surface area contributed by atoms with Gasteiger partial charge in [0, 0.05) is 18.7 Å². The summed E-state index contributed by atoms with van der Waals surface area (Å²) < 4.78 is 0. The van der Waals surface area contributed by atoms with Crippen LogP contribution in [0.3, 0.4) is 0 Å². The highest BCUT2D eigenvalue weighted by atomic mass is 16.3. The van der Waals surface area contributed by atoms with Gasteiger partial charge in [-0.05, 0) is 38.4 Å². The number of benzene rings is 1. The number of para-hydroxylation sites is 1. The van der Waals surface area contributed by atoms with Crippen molar-refractivity contribution in [3.05, 3.63) is 29.8 Å². The van der Waals surface area contributed by atoms with Crippen molar-refractivity contribution in [1.82, 2.24) is 10.2 Å². The molecular weight excluding hydrogens is 240 g/mol. The summed E-state index contributed by atoms with van der Waals surface area (Å²) in [5.41, 5.74) is 0.700. The van der Waals surface area contributed by atoms with Crippen LogP contribution in [-0.2, 0) is 11.2 Å². The normalized spacial score (nSPS) is 19.7. The number of hydrogen-bond acceptors (Lipinski definition) is 3. The Morgan fingerprint density at radius 3 is 2.95 bits per heavy atom. The smallest absolute Gasteiger partial charge is 0.227 e. The van der Waals surface area contributed by atoms with Gasteiger partial charge in [-0.1, -0.05) is 18.2 Å². The third-order valence-electron chi connectivity index (χ3n) is 3.82. The Hall–Kier alpha value is -1.55. The Labute approximate surface area is 114 Å². The van der Waals surface area contributed by atoms with Crippen molar-refractivity contribution >= 4 is 5.91 Å². The van der Waals surface area contributed by atoms with Crippen LogP contribution in [0.2, 0.25) is 0 Å². The molecule has 104 valence electrons. The molecule has 1 fully saturated rings. The number of carbonyl (C=O) groups excluding carboxylic acids is 1. The van der Waals surface area contributed by atoms with Crippen LogP contribution in [0, 0.1) is 0 Å². The maximum absolute atomic E-state index is 12.3. The zero-order valence-electron chi connectivity index (χ0n) is 11.4. The van der Waals surface area contributed by atoms with Crippen molar-refractivity contribution in [2.45, 2.75) is 31.7 Å². The van der Waals surface area contributed by atoms with E-state index in [-0.39, 0.29) is 18.1 Å². The lowest BCUT2D eigenvalue weighted by molar-refractivity contribution is -0.131. The lowest BCUT2D eigenvalue weighted by Crippen LogP contribution is -2.38. The topological polar surface area (TPSA) is 52.6 Å². The Bertz CT molecular complexity index is 426. The molecule has 2 rings (SSSR count). The highest BCUT2D eigenvalue weighted by molar-refractivity contribution is 5.79. The highest BCUT2D eigenvalue weighted by Crippen LogP contribution is 2.18. The van der Waals surface area contributed by atoms with Gasteiger partial charge in [-0.25, -0.2) is 0 Å². The predicted octanol–water partition coefficient (Wildman–Crippen LogP) is 1.54. The standard InChI is InChI=1S/C15H22N2O2/c1-17(13-6-4-9-16-10-8-13)15(19)11-12-5-2-3-7-14(12)18/h2-3,5,7,13,16,18H,4,6,8-11H2,1H3. The minimum Gasteiger partial charge on any atom is -0.508 e. The Morgan fingerprint density at radius 2 is 2.16 bits per heavy atom. The maximum Gasteiger partial charge on any atom is 0.227 e. The number of nitrogens with one attached hydrogen (secondary N) is 1. The first kappa shape index (κ1) is 13.9. The number of carbonyl (C=O) groups is 1. The summed E-state index contributed by atoms with van der Waals surface area (Å²) >= 11 is 0. The summed E-state index contributed by atoms with van der Waals surface area (Å²) in [5.74, 6) is 0.278. The lowest BCUT2D eigenvalue weighted by atomic mass is 10.1. The average Bonchev–Trinajstić information content (AvgIpc) is 2.69. The molecule has 19 heavy (non-hydrogen) atoms. The van der Waals surface area contributed by atoms with E-state index in [1.165, 1.54) is 0 Å². The Balaban J connectivity index is 1.97. The molecule has 0 aromatic heterocycles. The quantitative estimate of drug-likeness (QED) is 0.868. The van der Waals surface area contributed by atoms with E-state index in [2.05, 4.69) is 5.32 Å². The monoisotopic (exact) mass is 262 g/mol. The zero-order valence-corrected chi connectivity index (χ0v) is 11.4. The van der Waals surface area contributed by atoms with Crippen LogP contribution in [0.4, 0.5) is 0 Å². The summed E-state index contributed by atoms with van der Waals surface area (Å²) in [6.45, 7) is 2.01. The van der Waals surface area contributed by atoms with Gasteiger partial charge >= 0.3 is 0 Å². The summed E-state index contributed by atoms with van der Waals surface area (Å²) in [6.07, 6.45) is 3.44. The molecule has 1 aromatic rings. The second-order valence-corrected chi connectivity index (χ2v) is 5.14. The molecule has 4 heteroatoms. The molecule has 1 aliphatic heterocycles. The number of aromatic hydroxyl groups is 1. The Morgan fingerprint density at radius 1 is 1.37 bits per heavy atom. The molecular formula is C15H22N2O2. The van der Waals surface area contributed by atoms with Gasteiger partial charge < -0.3 is 15.3 Å². The average molecular weight is 262 g/mol. The van der Waals surface area contributed by atoms with Gasteiger partial charge in [0.25, 0.3) is 0 Å². The van der Waals surface area contributed by atoms with Gasteiger partial charge in [-0.15, -0.1) is 0 Å². The van der Waals surface area contributed by atoms with Crippen LogP contribution in [0.1, 0.15) is 24.8 Å². The van der Waals surface area contributed by atoms with Gasteiger partial charge in [0.05, 0.1) is 6.42 Å². The van der Waals surface area contributed by atoms with Crippen LogP contribution in [0.5, 0.6) is 5.75 Å². The van der Waals surface area contributed by atoms with Crippen molar-refractivity contribution in [1.29, 1.82) is 0 Å². The first-order valence-corrected chi connectivity index (χ1v) is 6.91. The minimum atomic E-state index is 0.0772. The van der Waals surface area contributed by atoms with E-state index < -0.39 is 0 Å². The number of phenols is 1. The van der Waals surface area contributed by atoms with E-state index in [9.17, 15) is 9.90 Å². The summed E-state index contributed by atoms with van der Waals surface area (Å²) in [6, 6.07) is 7.35. The van der Waals surface area contributed by atoms with Crippen LogP contribution in [0.25, 0.3) is 0 Å².